The van der Waals surface area contributed by atoms with Gasteiger partial charge in [0.25, 0.3) is 6.20 Å². The van der Waals surface area contributed by atoms with E-state index in [-0.39, 0.29) is 20.1 Å². The molecule has 6 heteroatoms. The molecule has 0 amide bonds. The van der Waals surface area contributed by atoms with Gasteiger partial charge < -0.3 is 9.40 Å². The van der Waals surface area contributed by atoms with Crippen molar-refractivity contribution in [1.82, 2.24) is 9.97 Å². The maximum atomic E-state index is 5.94. The van der Waals surface area contributed by atoms with Crippen molar-refractivity contribution >= 4 is 33.8 Å². The molecule has 5 aromatic rings. The minimum atomic E-state index is 0. The molecule has 1 aliphatic heterocycles. The molecule has 0 saturated heterocycles. The predicted molar refractivity (Wildman–Crippen MR) is 133 cm³/mol. The zero-order valence-electron chi connectivity index (χ0n) is 19.3. The van der Waals surface area contributed by atoms with E-state index in [1.165, 1.54) is 6.42 Å². The molecule has 2 aromatic carbocycles. The summed E-state index contributed by atoms with van der Waals surface area (Å²) in [6.07, 6.45) is 9.87. The number of aromatic nitrogens is 2. The van der Waals surface area contributed by atoms with Crippen LogP contribution < -0.4 is 0 Å². The Morgan fingerprint density at radius 1 is 0.886 bits per heavy atom. The Morgan fingerprint density at radius 3 is 2.57 bits per heavy atom. The second kappa shape index (κ2) is 11.6. The number of furan rings is 1. The molecule has 1 aliphatic rings. The Labute approximate surface area is 218 Å². The van der Waals surface area contributed by atoms with E-state index < -0.39 is 0 Å². The second-order valence-corrected chi connectivity index (χ2v) is 7.83. The van der Waals surface area contributed by atoms with Crippen LogP contribution in [0.5, 0.6) is 0 Å². The summed E-state index contributed by atoms with van der Waals surface area (Å²) < 4.78 is 9.93. The number of hydrogen-bond acceptors (Lipinski definition) is 3. The number of fused-ring (bicyclic) bond motifs is 3. The van der Waals surface area contributed by atoms with Crippen molar-refractivity contribution in [2.75, 3.05) is 6.54 Å². The maximum Gasteiger partial charge on any atom is 0.493 e. The van der Waals surface area contributed by atoms with Crippen molar-refractivity contribution in [2.45, 2.75) is 19.8 Å². The number of nitrogens with zero attached hydrogens (tertiary/aromatic N) is 4. The molecule has 0 unspecified atom stereocenters. The quantitative estimate of drug-likeness (QED) is 0.165. The first kappa shape index (κ1) is 24.4. The second-order valence-electron chi connectivity index (χ2n) is 7.83. The van der Waals surface area contributed by atoms with Crippen LogP contribution >= 0.6 is 0 Å². The van der Waals surface area contributed by atoms with E-state index in [0.29, 0.717) is 5.71 Å². The fraction of sp³-hybridized carbons (Fsp3) is 0.138. The number of hydrogen-bond donors (Lipinski definition) is 0. The molecule has 0 bridgehead atoms. The molecule has 0 aliphatic carbocycles. The summed E-state index contributed by atoms with van der Waals surface area (Å²) in [4.78, 5) is 8.51. The number of pyridine rings is 2. The molecule has 0 N–H and O–H groups in total. The van der Waals surface area contributed by atoms with Gasteiger partial charge in [0.05, 0.1) is 5.58 Å². The minimum absolute atomic E-state index is 0. The third-order valence-corrected chi connectivity index (χ3v) is 5.47. The van der Waals surface area contributed by atoms with Crippen LogP contribution in [0.1, 0.15) is 19.8 Å². The Bertz CT molecular complexity index is 1480. The summed E-state index contributed by atoms with van der Waals surface area (Å²) in [5.41, 5.74) is 4.33. The third kappa shape index (κ3) is 5.52. The molecule has 1 radical (unpaired) electrons. The van der Waals surface area contributed by atoms with Gasteiger partial charge in [-0.3, -0.25) is 0 Å². The molecule has 35 heavy (non-hydrogen) atoms. The first-order chi connectivity index (χ1) is 16.8. The number of benzene rings is 2. The molecule has 0 saturated carbocycles. The van der Waals surface area contributed by atoms with Crippen molar-refractivity contribution in [1.29, 1.82) is 0 Å². The minimum Gasteiger partial charge on any atom is -0.495 e. The van der Waals surface area contributed by atoms with Gasteiger partial charge in [0.1, 0.15) is 0 Å². The first-order valence-corrected chi connectivity index (χ1v) is 11.4. The van der Waals surface area contributed by atoms with E-state index in [9.17, 15) is 0 Å². The van der Waals surface area contributed by atoms with Crippen LogP contribution in [0.25, 0.3) is 33.3 Å². The van der Waals surface area contributed by atoms with Gasteiger partial charge >= 0.3 is 6.01 Å². The van der Waals surface area contributed by atoms with Gasteiger partial charge in [0.15, 0.2) is 12.2 Å². The molecule has 4 heterocycles. The average molecular weight is 637 g/mol. The van der Waals surface area contributed by atoms with Gasteiger partial charge in [0.2, 0.25) is 11.9 Å². The zero-order chi connectivity index (χ0) is 23.2. The monoisotopic (exact) mass is 637 g/mol. The summed E-state index contributed by atoms with van der Waals surface area (Å²) in [5.74, 6) is 0. The smallest absolute Gasteiger partial charge is 0.493 e. The Hall–Kier alpha value is -3.69. The van der Waals surface area contributed by atoms with E-state index >= 15 is 0 Å². The van der Waals surface area contributed by atoms with E-state index in [1.54, 1.807) is 12.4 Å². The normalized spacial score (nSPS) is 12.0. The average Bonchev–Trinajstić information content (AvgIpc) is 3.54. The van der Waals surface area contributed by atoms with Gasteiger partial charge in [-0.2, -0.15) is 12.1 Å². The van der Waals surface area contributed by atoms with E-state index in [2.05, 4.69) is 39.6 Å². The van der Waals surface area contributed by atoms with Crippen molar-refractivity contribution in [2.24, 2.45) is 0 Å². The van der Waals surface area contributed by atoms with E-state index in [4.69, 9.17) is 4.42 Å². The van der Waals surface area contributed by atoms with Gasteiger partial charge in [-0.25, -0.2) is 4.98 Å². The fourth-order valence-corrected chi connectivity index (χ4v) is 3.75. The van der Waals surface area contributed by atoms with Crippen molar-refractivity contribution in [3.05, 3.63) is 104 Å². The molecule has 3 aromatic heterocycles. The van der Waals surface area contributed by atoms with Crippen LogP contribution in [0.2, 0.25) is 0 Å². The number of rotatable bonds is 5. The third-order valence-electron chi connectivity index (χ3n) is 5.47. The van der Waals surface area contributed by atoms with Gasteiger partial charge in [-0.15, -0.1) is 42.0 Å². The molecule has 5 nitrogen and oxygen atoms in total. The number of unbranched alkanes of at least 4 members (excludes halogenated alkanes) is 1. The molecule has 6 rings (SSSR count). The Morgan fingerprint density at radius 2 is 1.77 bits per heavy atom. The van der Waals surface area contributed by atoms with Crippen LogP contribution in [-0.4, -0.2) is 31.7 Å². The van der Waals surface area contributed by atoms with Gasteiger partial charge in [-0.1, -0.05) is 40.0 Å². The largest absolute Gasteiger partial charge is 0.495 e. The summed E-state index contributed by atoms with van der Waals surface area (Å²) in [7, 11) is 0. The van der Waals surface area contributed by atoms with Crippen LogP contribution in [0.4, 0.5) is 5.69 Å². The van der Waals surface area contributed by atoms with Crippen LogP contribution in [-0.2, 0) is 20.1 Å². The van der Waals surface area contributed by atoms with Crippen molar-refractivity contribution in [3.8, 4) is 11.3 Å². The SMILES string of the molecule is CCCC[N+]1=C=[N+](c2[c-]ccc3c2oc2ncccc23)C=C1.[Ir].[c-]1ccccc1-c1ccccn1. The summed E-state index contributed by atoms with van der Waals surface area (Å²) in [6.45, 7) is 3.16. The Kier molecular flexibility index (Phi) is 8.12. The molecule has 0 fully saturated rings. The predicted octanol–water partition coefficient (Wildman–Crippen LogP) is 6.44. The molecular formula is C29H24IrN4O. The first-order valence-electron chi connectivity index (χ1n) is 11.4. The maximum absolute atomic E-state index is 5.94. The molecule has 0 spiro atoms. The summed E-state index contributed by atoms with van der Waals surface area (Å²) >= 11 is 0. The van der Waals surface area contributed by atoms with Crippen LogP contribution in [0, 0.1) is 12.1 Å². The molecule has 175 valence electrons. The van der Waals surface area contributed by atoms with E-state index in [0.717, 1.165) is 46.3 Å². The van der Waals surface area contributed by atoms with Gasteiger partial charge in [-0.05, 0) is 23.9 Å². The van der Waals surface area contributed by atoms with Gasteiger partial charge in [0, 0.05) is 44.3 Å². The molecular weight excluding hydrogens is 613 g/mol. The van der Waals surface area contributed by atoms with E-state index in [1.807, 2.05) is 83.7 Å². The molecule has 0 atom stereocenters. The zero-order valence-corrected chi connectivity index (χ0v) is 21.7. The fourth-order valence-electron chi connectivity index (χ4n) is 3.75. The van der Waals surface area contributed by atoms with Crippen LogP contribution in [0.3, 0.4) is 0 Å². The standard InChI is InChI=1S/C18H16N3O.C11H8N.Ir/c1-2-3-10-20-11-12-21(13-20)16-8-4-6-14-15-7-5-9-19-18(15)22-17(14)16;1-2-6-10(7-3-1)11-8-4-5-9-12-11;/h4-7,9,11-12H,2-3,10H2,1H3;1-6,8-9H;/q+1;-1;. The summed E-state index contributed by atoms with van der Waals surface area (Å²) in [6, 6.07) is 31.3. The topological polar surface area (TPSA) is 44.9 Å². The Balaban J connectivity index is 0.000000189. The van der Waals surface area contributed by atoms with Crippen molar-refractivity contribution in [3.63, 3.8) is 0 Å². The van der Waals surface area contributed by atoms with Crippen LogP contribution in [0.15, 0.2) is 95.9 Å². The van der Waals surface area contributed by atoms with Crippen molar-refractivity contribution < 1.29 is 33.7 Å². The summed E-state index contributed by atoms with van der Waals surface area (Å²) in [5, 5.41) is 2.08.